The topological polar surface area (TPSA) is 93.1 Å². The molecule has 0 bridgehead atoms. The Balaban J connectivity index is 0.000000400. The van der Waals surface area contributed by atoms with Crippen molar-refractivity contribution in [3.63, 3.8) is 0 Å². The van der Waals surface area contributed by atoms with Crippen LogP contribution in [0.25, 0.3) is 0 Å². The van der Waals surface area contributed by atoms with Crippen LogP contribution in [-0.2, 0) is 9.59 Å². The van der Waals surface area contributed by atoms with Crippen molar-refractivity contribution >= 4 is 11.9 Å². The third-order valence-electron chi connectivity index (χ3n) is 2.26. The van der Waals surface area contributed by atoms with E-state index in [2.05, 4.69) is 13.2 Å². The van der Waals surface area contributed by atoms with Gasteiger partial charge in [-0.25, -0.2) is 9.59 Å². The van der Waals surface area contributed by atoms with Crippen LogP contribution in [0.4, 0.5) is 0 Å². The fraction of sp³-hybridized carbons (Fsp3) is 0. The van der Waals surface area contributed by atoms with Crippen LogP contribution in [0.2, 0.25) is 0 Å². The summed E-state index contributed by atoms with van der Waals surface area (Å²) in [6, 6.07) is 17.7. The lowest BCUT2D eigenvalue weighted by atomic mass is 10.3. The summed E-state index contributed by atoms with van der Waals surface area (Å²) in [6.45, 7) is 6.56. The summed E-state index contributed by atoms with van der Waals surface area (Å²) in [4.78, 5) is 21.3. The molecule has 2 aromatic rings. The Morgan fingerprint density at radius 3 is 1.25 bits per heavy atom. The molecule has 0 aromatic heterocycles. The maximum atomic E-state index is 10.6. The highest BCUT2D eigenvalue weighted by atomic mass is 17.0. The van der Waals surface area contributed by atoms with Crippen molar-refractivity contribution in [2.75, 3.05) is 0 Å². The van der Waals surface area contributed by atoms with Gasteiger partial charge in [0, 0.05) is 12.2 Å². The van der Waals surface area contributed by atoms with Crippen LogP contribution in [0.3, 0.4) is 0 Å². The first-order valence-corrected chi connectivity index (χ1v) is 6.64. The van der Waals surface area contributed by atoms with Crippen molar-refractivity contribution in [1.29, 1.82) is 0 Å². The van der Waals surface area contributed by atoms with Crippen molar-refractivity contribution in [1.82, 2.24) is 0 Å². The van der Waals surface area contributed by atoms with E-state index < -0.39 is 11.9 Å². The quantitative estimate of drug-likeness (QED) is 0.293. The number of benzene rings is 2. The fourth-order valence-corrected chi connectivity index (χ4v) is 1.29. The molecule has 6 nitrogen and oxygen atoms in total. The summed E-state index contributed by atoms with van der Waals surface area (Å²) in [6.07, 6.45) is 2.26. The standard InChI is InChI=1S/2C9H8O2.H2O2/c2*1-2-9(10)11-8-6-4-3-5-7-8;1-2/h2*2-7H,1H2;1-2H. The van der Waals surface area contributed by atoms with Crippen LogP contribution in [0.5, 0.6) is 11.5 Å². The first-order chi connectivity index (χ1) is 11.7. The highest BCUT2D eigenvalue weighted by Gasteiger charge is 1.96. The minimum Gasteiger partial charge on any atom is -0.423 e. The van der Waals surface area contributed by atoms with Gasteiger partial charge in [-0.05, 0) is 24.3 Å². The van der Waals surface area contributed by atoms with Gasteiger partial charge in [0.05, 0.1) is 0 Å². The number of esters is 2. The van der Waals surface area contributed by atoms with E-state index in [0.29, 0.717) is 11.5 Å². The van der Waals surface area contributed by atoms with Crippen LogP contribution in [0, 0.1) is 0 Å². The van der Waals surface area contributed by atoms with E-state index >= 15 is 0 Å². The van der Waals surface area contributed by atoms with Crippen molar-refractivity contribution in [2.45, 2.75) is 0 Å². The largest absolute Gasteiger partial charge is 0.423 e. The molecular weight excluding hydrogens is 312 g/mol. The van der Waals surface area contributed by atoms with Gasteiger partial charge >= 0.3 is 11.9 Å². The number of rotatable bonds is 4. The van der Waals surface area contributed by atoms with Gasteiger partial charge < -0.3 is 9.47 Å². The molecule has 0 unspecified atom stereocenters. The number of carbonyl (C=O) groups excluding carboxylic acids is 2. The molecule has 24 heavy (non-hydrogen) atoms. The first kappa shape index (κ1) is 20.8. The average Bonchev–Trinajstić information content (AvgIpc) is 2.65. The lowest BCUT2D eigenvalue weighted by Crippen LogP contribution is -2.02. The monoisotopic (exact) mass is 330 g/mol. The Bertz CT molecular complexity index is 565. The van der Waals surface area contributed by atoms with Gasteiger partial charge in [0.1, 0.15) is 11.5 Å². The number of carbonyl (C=O) groups is 2. The Morgan fingerprint density at radius 2 is 1.00 bits per heavy atom. The molecule has 0 spiro atoms. The van der Waals surface area contributed by atoms with Crippen LogP contribution in [0.15, 0.2) is 86.0 Å². The average molecular weight is 330 g/mol. The van der Waals surface area contributed by atoms with E-state index in [9.17, 15) is 9.59 Å². The Kier molecular flexibility index (Phi) is 11.6. The van der Waals surface area contributed by atoms with Gasteiger partial charge in [0.25, 0.3) is 0 Å². The van der Waals surface area contributed by atoms with E-state index in [4.69, 9.17) is 20.0 Å². The Morgan fingerprint density at radius 1 is 0.708 bits per heavy atom. The molecule has 6 heteroatoms. The zero-order valence-electron chi connectivity index (χ0n) is 12.9. The van der Waals surface area contributed by atoms with Crippen LogP contribution in [-0.4, -0.2) is 22.5 Å². The summed E-state index contributed by atoms with van der Waals surface area (Å²) >= 11 is 0. The Hall–Kier alpha value is -3.22. The lowest BCUT2D eigenvalue weighted by Gasteiger charge is -1.98. The van der Waals surface area contributed by atoms with Gasteiger partial charge in [0.15, 0.2) is 0 Å². The number of para-hydroxylation sites is 2. The summed E-state index contributed by atoms with van der Waals surface area (Å²) in [5.74, 6) is 0.210. The summed E-state index contributed by atoms with van der Waals surface area (Å²) in [5, 5.41) is 12.0. The van der Waals surface area contributed by atoms with Gasteiger partial charge in [-0.1, -0.05) is 49.6 Å². The van der Waals surface area contributed by atoms with Crippen LogP contribution >= 0.6 is 0 Å². The maximum Gasteiger partial charge on any atom is 0.335 e. The zero-order chi connectivity index (χ0) is 18.2. The predicted octanol–water partition coefficient (Wildman–Crippen LogP) is 3.57. The molecule has 2 aromatic carbocycles. The van der Waals surface area contributed by atoms with E-state index in [0.717, 1.165) is 12.2 Å². The highest BCUT2D eigenvalue weighted by Crippen LogP contribution is 2.08. The second-order valence-electron chi connectivity index (χ2n) is 3.88. The molecule has 0 radical (unpaired) electrons. The first-order valence-electron chi connectivity index (χ1n) is 6.64. The zero-order valence-corrected chi connectivity index (χ0v) is 12.9. The van der Waals surface area contributed by atoms with Crippen molar-refractivity contribution in [2.24, 2.45) is 0 Å². The van der Waals surface area contributed by atoms with E-state index in [1.165, 1.54) is 0 Å². The number of ether oxygens (including phenoxy) is 2. The molecule has 0 aliphatic carbocycles. The molecule has 0 fully saturated rings. The maximum absolute atomic E-state index is 10.6. The number of hydrogen-bond acceptors (Lipinski definition) is 6. The molecule has 0 amide bonds. The molecule has 2 rings (SSSR count). The highest BCUT2D eigenvalue weighted by molar-refractivity contribution is 5.83. The molecule has 126 valence electrons. The molecule has 2 N–H and O–H groups in total. The van der Waals surface area contributed by atoms with Gasteiger partial charge in [-0.15, -0.1) is 0 Å². The minimum absolute atomic E-state index is 0.434. The van der Waals surface area contributed by atoms with Crippen molar-refractivity contribution in [3.05, 3.63) is 86.0 Å². The molecule has 0 saturated carbocycles. The second-order valence-corrected chi connectivity index (χ2v) is 3.88. The molecule has 0 saturated heterocycles. The summed E-state index contributed by atoms with van der Waals surface area (Å²) in [7, 11) is 0. The predicted molar refractivity (Wildman–Crippen MR) is 89.8 cm³/mol. The molecule has 0 aliphatic heterocycles. The Labute approximate surface area is 139 Å². The van der Waals surface area contributed by atoms with Crippen LogP contribution in [0.1, 0.15) is 0 Å². The second kappa shape index (κ2) is 13.4. The van der Waals surface area contributed by atoms with Gasteiger partial charge in [-0.3, -0.25) is 10.5 Å². The normalized spacial score (nSPS) is 8.25. The summed E-state index contributed by atoms with van der Waals surface area (Å²) < 4.78 is 9.61. The third kappa shape index (κ3) is 9.67. The minimum atomic E-state index is -0.434. The smallest absolute Gasteiger partial charge is 0.335 e. The molecule has 0 atom stereocenters. The molecule has 0 aliphatic rings. The van der Waals surface area contributed by atoms with Crippen molar-refractivity contribution in [3.8, 4) is 11.5 Å². The van der Waals surface area contributed by atoms with E-state index in [1.807, 2.05) is 12.1 Å². The van der Waals surface area contributed by atoms with Gasteiger partial charge in [-0.2, -0.15) is 0 Å². The fourth-order valence-electron chi connectivity index (χ4n) is 1.29. The third-order valence-corrected chi connectivity index (χ3v) is 2.26. The molecular formula is C18H18O6. The lowest BCUT2D eigenvalue weighted by molar-refractivity contribution is -0.176. The van der Waals surface area contributed by atoms with Crippen molar-refractivity contribution < 1.29 is 29.6 Å². The summed E-state index contributed by atoms with van der Waals surface area (Å²) in [5.41, 5.74) is 0. The van der Waals surface area contributed by atoms with E-state index in [-0.39, 0.29) is 0 Å². The van der Waals surface area contributed by atoms with Gasteiger partial charge in [0.2, 0.25) is 0 Å². The van der Waals surface area contributed by atoms with E-state index in [1.54, 1.807) is 48.5 Å². The SMILES string of the molecule is C=CC(=O)Oc1ccccc1.C=CC(=O)Oc1ccccc1.OO. The number of hydrogen-bond donors (Lipinski definition) is 2. The molecule has 0 heterocycles. The van der Waals surface area contributed by atoms with Crippen LogP contribution < -0.4 is 9.47 Å².